The van der Waals surface area contributed by atoms with Crippen LogP contribution in [0.2, 0.25) is 0 Å². The minimum atomic E-state index is -0.649. The highest BCUT2D eigenvalue weighted by Crippen LogP contribution is 2.20. The Balaban J connectivity index is 0.922. The number of hydrogen-bond acceptors (Lipinski definition) is 11. The molecular weight excluding hydrogens is 723 g/mol. The van der Waals surface area contributed by atoms with Gasteiger partial charge in [-0.05, 0) is 50.1 Å². The number of halogens is 1. The van der Waals surface area contributed by atoms with E-state index < -0.39 is 23.4 Å². The minimum Gasteiger partial charge on any atom is -0.444 e. The summed E-state index contributed by atoms with van der Waals surface area (Å²) in [6.07, 6.45) is -0.141. The Morgan fingerprint density at radius 2 is 1.50 bits per heavy atom. The van der Waals surface area contributed by atoms with E-state index in [0.717, 1.165) is 5.56 Å². The van der Waals surface area contributed by atoms with Gasteiger partial charge in [-0.2, -0.15) is 5.10 Å². The topological polar surface area (TPSA) is 205 Å². The lowest BCUT2D eigenvalue weighted by atomic mass is 10.0. The first-order valence-electron chi connectivity index (χ1n) is 18.0. The fourth-order valence-corrected chi connectivity index (χ4v) is 6.06. The zero-order chi connectivity index (χ0) is 39.8. The number of alkyl carbamates (subject to hydrolysis) is 1. The Labute approximate surface area is 320 Å². The van der Waals surface area contributed by atoms with Gasteiger partial charge in [0, 0.05) is 56.5 Å². The molecule has 0 radical (unpaired) electrons. The van der Waals surface area contributed by atoms with Gasteiger partial charge in [0.15, 0.2) is 5.82 Å². The smallest absolute Gasteiger partial charge is 0.408 e. The molecule has 6 rings (SSSR count). The summed E-state index contributed by atoms with van der Waals surface area (Å²) in [5, 5.41) is 29.3. The second-order valence-corrected chi connectivity index (χ2v) is 14.2. The van der Waals surface area contributed by atoms with E-state index in [1.165, 1.54) is 17.0 Å². The SMILES string of the molecule is CC(C)(C)OC(=O)NCc1nnc(-c2ccc(CC(=O)NCCC(=O)N3CCN(C(=O)c4cc(Cc5n[nH]c(=O)c6ccccc56)ccc4F)CC3)cc2)nn1. The highest BCUT2D eigenvalue weighted by molar-refractivity contribution is 5.95. The number of piperazine rings is 1. The second kappa shape index (κ2) is 17.2. The van der Waals surface area contributed by atoms with Gasteiger partial charge < -0.3 is 25.2 Å². The molecule has 3 N–H and O–H groups in total. The van der Waals surface area contributed by atoms with Crippen LogP contribution in [-0.2, 0) is 33.7 Å². The number of aromatic amines is 1. The van der Waals surface area contributed by atoms with Gasteiger partial charge in [-0.1, -0.05) is 48.5 Å². The molecule has 5 aromatic rings. The van der Waals surface area contributed by atoms with Crippen molar-refractivity contribution >= 4 is 34.6 Å². The molecular formula is C39H41FN10O6. The molecule has 16 nitrogen and oxygen atoms in total. The summed E-state index contributed by atoms with van der Waals surface area (Å²) in [6.45, 7) is 6.44. The van der Waals surface area contributed by atoms with E-state index in [1.807, 2.05) is 6.07 Å². The Bertz CT molecular complexity index is 2290. The van der Waals surface area contributed by atoms with Crippen LogP contribution in [0.1, 0.15) is 60.2 Å². The van der Waals surface area contributed by atoms with Gasteiger partial charge in [0.1, 0.15) is 11.4 Å². The molecule has 2 aromatic heterocycles. The van der Waals surface area contributed by atoms with Crippen molar-refractivity contribution in [2.45, 2.75) is 52.2 Å². The first-order valence-corrected chi connectivity index (χ1v) is 18.0. The van der Waals surface area contributed by atoms with Gasteiger partial charge in [0.05, 0.1) is 29.6 Å². The summed E-state index contributed by atoms with van der Waals surface area (Å²) in [4.78, 5) is 66.1. The summed E-state index contributed by atoms with van der Waals surface area (Å²) >= 11 is 0. The number of carbonyl (C=O) groups excluding carboxylic acids is 4. The average Bonchev–Trinajstić information content (AvgIpc) is 3.18. The lowest BCUT2D eigenvalue weighted by molar-refractivity contribution is -0.132. The molecule has 290 valence electrons. The van der Waals surface area contributed by atoms with Crippen LogP contribution in [0, 0.1) is 5.82 Å². The van der Waals surface area contributed by atoms with E-state index in [-0.39, 0.29) is 93.1 Å². The predicted molar refractivity (Wildman–Crippen MR) is 202 cm³/mol. The maximum Gasteiger partial charge on any atom is 0.408 e. The van der Waals surface area contributed by atoms with Gasteiger partial charge in [0.2, 0.25) is 17.6 Å². The largest absolute Gasteiger partial charge is 0.444 e. The molecule has 3 aromatic carbocycles. The van der Waals surface area contributed by atoms with Crippen LogP contribution in [0.3, 0.4) is 0 Å². The molecule has 1 aliphatic rings. The van der Waals surface area contributed by atoms with Gasteiger partial charge in [-0.25, -0.2) is 14.3 Å². The molecule has 0 spiro atoms. The van der Waals surface area contributed by atoms with Crippen LogP contribution in [0.25, 0.3) is 22.2 Å². The van der Waals surface area contributed by atoms with Crippen molar-refractivity contribution in [2.75, 3.05) is 32.7 Å². The molecule has 0 saturated carbocycles. The van der Waals surface area contributed by atoms with Crippen LogP contribution < -0.4 is 16.2 Å². The Morgan fingerprint density at radius 3 is 2.20 bits per heavy atom. The maximum atomic E-state index is 14.9. The molecule has 0 unspecified atom stereocenters. The lowest BCUT2D eigenvalue weighted by Gasteiger charge is -2.35. The zero-order valence-electron chi connectivity index (χ0n) is 31.2. The number of fused-ring (bicyclic) bond motifs is 1. The molecule has 1 fully saturated rings. The Hall–Kier alpha value is -6.65. The third kappa shape index (κ3) is 10.1. The number of aromatic nitrogens is 6. The maximum absolute atomic E-state index is 14.9. The number of nitrogens with one attached hydrogen (secondary N) is 3. The van der Waals surface area contributed by atoms with Gasteiger partial charge >= 0.3 is 6.09 Å². The number of amides is 4. The van der Waals surface area contributed by atoms with E-state index in [0.29, 0.717) is 27.6 Å². The molecule has 17 heteroatoms. The molecule has 0 atom stereocenters. The standard InChI is InChI=1S/C39H41FN10O6/c1-39(2,3)56-38(55)42-23-32-44-46-35(47-45-32)26-11-8-24(9-12-26)22-33(51)41-15-14-34(52)49-16-18-50(19-17-49)37(54)29-20-25(10-13-30(29)40)21-31-27-6-4-5-7-28(27)36(53)48-43-31/h4-13,20H,14-19,21-23H2,1-3H3,(H,41,51)(H,42,55)(H,48,53). The predicted octanol–water partition coefficient (Wildman–Crippen LogP) is 2.96. The number of H-pyrrole nitrogens is 1. The normalized spacial score (nSPS) is 13.0. The first kappa shape index (κ1) is 39.1. The van der Waals surface area contributed by atoms with Gasteiger partial charge in [-0.3, -0.25) is 19.2 Å². The summed E-state index contributed by atoms with van der Waals surface area (Å²) in [5.41, 5.74) is 1.63. The first-order chi connectivity index (χ1) is 26.8. The Kier molecular flexibility index (Phi) is 12.0. The molecule has 1 aliphatic heterocycles. The number of carbonyl (C=O) groups is 4. The summed E-state index contributed by atoms with van der Waals surface area (Å²) < 4.78 is 20.1. The summed E-state index contributed by atoms with van der Waals surface area (Å²) in [7, 11) is 0. The lowest BCUT2D eigenvalue weighted by Crippen LogP contribution is -2.51. The van der Waals surface area contributed by atoms with Crippen molar-refractivity contribution < 1.29 is 28.3 Å². The van der Waals surface area contributed by atoms with E-state index in [9.17, 15) is 28.4 Å². The third-order valence-electron chi connectivity index (χ3n) is 8.88. The molecule has 0 bridgehead atoms. The van der Waals surface area contributed by atoms with Crippen LogP contribution >= 0.6 is 0 Å². The van der Waals surface area contributed by atoms with E-state index in [2.05, 4.69) is 41.2 Å². The number of nitrogens with zero attached hydrogens (tertiary/aromatic N) is 7. The number of rotatable bonds is 11. The fourth-order valence-electron chi connectivity index (χ4n) is 6.06. The highest BCUT2D eigenvalue weighted by Gasteiger charge is 2.27. The monoisotopic (exact) mass is 764 g/mol. The van der Waals surface area contributed by atoms with Crippen LogP contribution in [0.4, 0.5) is 9.18 Å². The molecule has 1 saturated heterocycles. The summed E-state index contributed by atoms with van der Waals surface area (Å²) in [5.74, 6) is -1.05. The zero-order valence-corrected chi connectivity index (χ0v) is 31.2. The molecule has 56 heavy (non-hydrogen) atoms. The van der Waals surface area contributed by atoms with Crippen molar-refractivity contribution in [2.24, 2.45) is 0 Å². The Morgan fingerprint density at radius 1 is 0.839 bits per heavy atom. The van der Waals surface area contributed by atoms with E-state index >= 15 is 0 Å². The van der Waals surface area contributed by atoms with E-state index in [1.54, 1.807) is 74.2 Å². The number of ether oxygens (including phenoxy) is 1. The molecule has 3 heterocycles. The molecule has 4 amide bonds. The van der Waals surface area contributed by atoms with Crippen molar-refractivity contribution in [1.29, 1.82) is 0 Å². The highest BCUT2D eigenvalue weighted by atomic mass is 19.1. The van der Waals surface area contributed by atoms with Crippen LogP contribution in [-0.4, -0.2) is 103 Å². The summed E-state index contributed by atoms with van der Waals surface area (Å²) in [6, 6.07) is 18.4. The minimum absolute atomic E-state index is 0.00440. The number of benzene rings is 3. The third-order valence-corrected chi connectivity index (χ3v) is 8.88. The average molecular weight is 765 g/mol. The van der Waals surface area contributed by atoms with Crippen molar-refractivity contribution in [3.05, 3.63) is 111 Å². The fraction of sp³-hybridized carbons (Fsp3) is 0.333. The van der Waals surface area contributed by atoms with Crippen LogP contribution in [0.15, 0.2) is 71.5 Å². The molecule has 0 aliphatic carbocycles. The van der Waals surface area contributed by atoms with Crippen molar-refractivity contribution in [3.63, 3.8) is 0 Å². The second-order valence-electron chi connectivity index (χ2n) is 14.2. The number of hydrogen-bond donors (Lipinski definition) is 3. The van der Waals surface area contributed by atoms with Crippen molar-refractivity contribution in [1.82, 2.24) is 51.0 Å². The quantitative estimate of drug-likeness (QED) is 0.178. The van der Waals surface area contributed by atoms with Gasteiger partial charge in [-0.15, -0.1) is 20.4 Å². The van der Waals surface area contributed by atoms with E-state index in [4.69, 9.17) is 4.74 Å². The van der Waals surface area contributed by atoms with Crippen molar-refractivity contribution in [3.8, 4) is 11.4 Å². The van der Waals surface area contributed by atoms with Gasteiger partial charge in [0.25, 0.3) is 11.5 Å². The van der Waals surface area contributed by atoms with Crippen LogP contribution in [0.5, 0.6) is 0 Å².